The minimum Gasteiger partial charge on any atom is -0.481 e. The summed E-state index contributed by atoms with van der Waals surface area (Å²) in [5, 5.41) is 10.2. The second-order valence-corrected chi connectivity index (χ2v) is 6.46. The summed E-state index contributed by atoms with van der Waals surface area (Å²) >= 11 is 12.1. The number of carboxylic acid groups (broad SMARTS) is 1. The van der Waals surface area contributed by atoms with Gasteiger partial charge in [-0.2, -0.15) is 0 Å². The van der Waals surface area contributed by atoms with Gasteiger partial charge in [0.25, 0.3) is 0 Å². The lowest BCUT2D eigenvalue weighted by molar-refractivity contribution is -0.159. The smallest absolute Gasteiger partial charge is 0.310 e. The summed E-state index contributed by atoms with van der Waals surface area (Å²) in [7, 11) is 0. The molecule has 0 heterocycles. The van der Waals surface area contributed by atoms with E-state index in [0.29, 0.717) is 22.0 Å². The third kappa shape index (κ3) is 2.61. The number of benzene rings is 1. The summed E-state index contributed by atoms with van der Waals surface area (Å²) in [5.41, 5.74) is 0.532. The quantitative estimate of drug-likeness (QED) is 0.672. The van der Waals surface area contributed by atoms with E-state index >= 15 is 0 Å². The van der Waals surface area contributed by atoms with E-state index in [9.17, 15) is 14.7 Å². The summed E-state index contributed by atoms with van der Waals surface area (Å²) in [6.07, 6.45) is 4.50. The molecule has 0 aliphatic heterocycles. The summed E-state index contributed by atoms with van der Waals surface area (Å²) in [4.78, 5) is 23.7. The maximum atomic E-state index is 12.3. The van der Waals surface area contributed by atoms with Crippen molar-refractivity contribution >= 4 is 35.1 Å². The lowest BCUT2D eigenvalue weighted by Crippen LogP contribution is -2.34. The first-order valence-corrected chi connectivity index (χ1v) is 7.75. The Kier molecular flexibility index (Phi) is 4.15. The van der Waals surface area contributed by atoms with Crippen LogP contribution in [0.25, 0.3) is 0 Å². The molecule has 0 aromatic heterocycles. The lowest BCUT2D eigenvalue weighted by Gasteiger charge is -2.23. The minimum absolute atomic E-state index is 0.0543. The van der Waals surface area contributed by atoms with Gasteiger partial charge in [0.15, 0.2) is 0 Å². The highest BCUT2D eigenvalue weighted by atomic mass is 35.5. The SMILES string of the molecule is O=C(O)[C@@H]1[C@H](C(=O)OCc2c(Cl)cccc2Cl)[C@H]2C=C[C@H]1C2. The van der Waals surface area contributed by atoms with Crippen LogP contribution in [-0.2, 0) is 20.9 Å². The number of allylic oxidation sites excluding steroid dienone is 2. The zero-order valence-electron chi connectivity index (χ0n) is 11.5. The molecule has 1 fully saturated rings. The number of hydrogen-bond donors (Lipinski definition) is 1. The van der Waals surface area contributed by atoms with Crippen molar-refractivity contribution in [1.82, 2.24) is 0 Å². The van der Waals surface area contributed by atoms with Crippen LogP contribution in [-0.4, -0.2) is 17.0 Å². The maximum Gasteiger partial charge on any atom is 0.310 e. The number of rotatable bonds is 4. The van der Waals surface area contributed by atoms with E-state index in [1.54, 1.807) is 18.2 Å². The molecule has 1 aromatic carbocycles. The molecule has 0 unspecified atom stereocenters. The molecule has 3 rings (SSSR count). The Morgan fingerprint density at radius 3 is 2.32 bits per heavy atom. The first-order valence-electron chi connectivity index (χ1n) is 6.99. The fourth-order valence-corrected chi connectivity index (χ4v) is 3.90. The van der Waals surface area contributed by atoms with Crippen molar-refractivity contribution in [2.45, 2.75) is 13.0 Å². The van der Waals surface area contributed by atoms with Crippen LogP contribution >= 0.6 is 23.2 Å². The van der Waals surface area contributed by atoms with Crippen LogP contribution < -0.4 is 0 Å². The molecule has 1 aromatic rings. The van der Waals surface area contributed by atoms with Crippen LogP contribution in [0, 0.1) is 23.7 Å². The van der Waals surface area contributed by atoms with Crippen molar-refractivity contribution in [2.75, 3.05) is 0 Å². The molecule has 0 saturated heterocycles. The summed E-state index contributed by atoms with van der Waals surface area (Å²) in [5.74, 6) is -2.92. The van der Waals surface area contributed by atoms with Crippen LogP contribution in [0.1, 0.15) is 12.0 Å². The molecular formula is C16H14Cl2O4. The van der Waals surface area contributed by atoms with Crippen molar-refractivity contribution in [1.29, 1.82) is 0 Å². The van der Waals surface area contributed by atoms with Crippen molar-refractivity contribution in [3.63, 3.8) is 0 Å². The van der Waals surface area contributed by atoms with E-state index in [0.717, 1.165) is 0 Å². The number of carbonyl (C=O) groups is 2. The van der Waals surface area contributed by atoms with Crippen molar-refractivity contribution < 1.29 is 19.4 Å². The van der Waals surface area contributed by atoms with E-state index in [-0.39, 0.29) is 18.4 Å². The van der Waals surface area contributed by atoms with Gasteiger partial charge in [0, 0.05) is 15.6 Å². The van der Waals surface area contributed by atoms with Gasteiger partial charge in [0.2, 0.25) is 0 Å². The van der Waals surface area contributed by atoms with Gasteiger partial charge in [-0.25, -0.2) is 0 Å². The largest absolute Gasteiger partial charge is 0.481 e. The highest BCUT2D eigenvalue weighted by Gasteiger charge is 2.52. The Balaban J connectivity index is 1.72. The average molecular weight is 341 g/mol. The van der Waals surface area contributed by atoms with Crippen LogP contribution in [0.3, 0.4) is 0 Å². The number of carboxylic acids is 1. The van der Waals surface area contributed by atoms with Gasteiger partial charge in [-0.15, -0.1) is 0 Å². The van der Waals surface area contributed by atoms with E-state index < -0.39 is 23.8 Å². The number of aliphatic carboxylic acids is 1. The van der Waals surface area contributed by atoms with Gasteiger partial charge in [0.05, 0.1) is 11.8 Å². The normalized spacial score (nSPS) is 28.8. The topological polar surface area (TPSA) is 63.6 Å². The Morgan fingerprint density at radius 1 is 1.14 bits per heavy atom. The third-order valence-corrected chi connectivity index (χ3v) is 5.15. The van der Waals surface area contributed by atoms with Gasteiger partial charge < -0.3 is 9.84 Å². The van der Waals surface area contributed by atoms with Gasteiger partial charge in [0.1, 0.15) is 6.61 Å². The van der Waals surface area contributed by atoms with Crippen LogP contribution in [0.4, 0.5) is 0 Å². The number of ether oxygens (including phenoxy) is 1. The Morgan fingerprint density at radius 2 is 1.73 bits per heavy atom. The molecule has 2 aliphatic rings. The lowest BCUT2D eigenvalue weighted by atomic mass is 9.83. The second kappa shape index (κ2) is 5.94. The zero-order chi connectivity index (χ0) is 15.9. The summed E-state index contributed by atoms with van der Waals surface area (Å²) in [6.45, 7) is -0.0543. The number of esters is 1. The average Bonchev–Trinajstić information content (AvgIpc) is 3.06. The van der Waals surface area contributed by atoms with Crippen LogP contribution in [0.15, 0.2) is 30.4 Å². The third-order valence-electron chi connectivity index (χ3n) is 4.44. The van der Waals surface area contributed by atoms with E-state index in [1.807, 2.05) is 12.2 Å². The first kappa shape index (κ1) is 15.4. The van der Waals surface area contributed by atoms with Gasteiger partial charge >= 0.3 is 11.9 Å². The molecule has 2 bridgehead atoms. The number of carbonyl (C=O) groups excluding carboxylic acids is 1. The molecule has 0 radical (unpaired) electrons. The highest BCUT2D eigenvalue weighted by Crippen LogP contribution is 2.48. The standard InChI is InChI=1S/C16H14Cl2O4/c17-11-2-1-3-12(18)10(11)7-22-16(21)14-9-5-4-8(6-9)13(14)15(19)20/h1-5,8-9,13-14H,6-7H2,(H,19,20)/t8-,9-,13-,14+/m0/s1. The van der Waals surface area contributed by atoms with Gasteiger partial charge in [-0.05, 0) is 30.4 Å². The molecule has 1 saturated carbocycles. The van der Waals surface area contributed by atoms with E-state index in [1.165, 1.54) is 0 Å². The molecule has 6 heteroatoms. The molecular weight excluding hydrogens is 327 g/mol. The Bertz CT molecular complexity index is 635. The summed E-state index contributed by atoms with van der Waals surface area (Å²) in [6, 6.07) is 5.03. The van der Waals surface area contributed by atoms with Crippen LogP contribution in [0.5, 0.6) is 0 Å². The molecule has 0 amide bonds. The predicted octanol–water partition coefficient (Wildman–Crippen LogP) is 3.56. The zero-order valence-corrected chi connectivity index (χ0v) is 13.1. The fourth-order valence-electron chi connectivity index (χ4n) is 3.39. The summed E-state index contributed by atoms with van der Waals surface area (Å²) < 4.78 is 5.30. The number of halogens is 2. The van der Waals surface area contributed by atoms with Gasteiger partial charge in [-0.1, -0.05) is 41.4 Å². The molecule has 22 heavy (non-hydrogen) atoms. The predicted molar refractivity (Wildman–Crippen MR) is 81.6 cm³/mol. The molecule has 4 nitrogen and oxygen atoms in total. The molecule has 116 valence electrons. The van der Waals surface area contributed by atoms with E-state index in [2.05, 4.69) is 0 Å². The van der Waals surface area contributed by atoms with Crippen molar-refractivity contribution in [2.24, 2.45) is 23.7 Å². The number of fused-ring (bicyclic) bond motifs is 2. The Labute approximate surface area is 137 Å². The molecule has 0 spiro atoms. The van der Waals surface area contributed by atoms with E-state index in [4.69, 9.17) is 27.9 Å². The fraction of sp³-hybridized carbons (Fsp3) is 0.375. The maximum absolute atomic E-state index is 12.3. The highest BCUT2D eigenvalue weighted by molar-refractivity contribution is 6.35. The Hall–Kier alpha value is -1.52. The van der Waals surface area contributed by atoms with Crippen LogP contribution in [0.2, 0.25) is 10.0 Å². The van der Waals surface area contributed by atoms with Crippen molar-refractivity contribution in [3.8, 4) is 0 Å². The molecule has 4 atom stereocenters. The molecule has 1 N–H and O–H groups in total. The molecule has 2 aliphatic carbocycles. The van der Waals surface area contributed by atoms with Crippen molar-refractivity contribution in [3.05, 3.63) is 46.0 Å². The van der Waals surface area contributed by atoms with Gasteiger partial charge in [-0.3, -0.25) is 9.59 Å². The first-order chi connectivity index (χ1) is 10.5. The number of hydrogen-bond acceptors (Lipinski definition) is 3. The minimum atomic E-state index is -0.949. The monoisotopic (exact) mass is 340 g/mol. The second-order valence-electron chi connectivity index (χ2n) is 5.65.